The summed E-state index contributed by atoms with van der Waals surface area (Å²) in [5.74, 6) is -0.739. The maximum atomic E-state index is 10.6. The molecule has 0 aromatic carbocycles. The van der Waals surface area contributed by atoms with Crippen molar-refractivity contribution in [2.75, 3.05) is 19.3 Å². The molecule has 0 radical (unpaired) electrons. The van der Waals surface area contributed by atoms with Gasteiger partial charge in [-0.1, -0.05) is 11.8 Å². The van der Waals surface area contributed by atoms with Gasteiger partial charge in [-0.3, -0.25) is 4.79 Å². The molecule has 0 bridgehead atoms. The minimum Gasteiger partial charge on any atom is -0.481 e. The maximum Gasteiger partial charge on any atom is 0.313 e. The van der Waals surface area contributed by atoms with E-state index in [4.69, 9.17) is 5.11 Å². The van der Waals surface area contributed by atoms with Gasteiger partial charge in [0.2, 0.25) is 0 Å². The zero-order valence-corrected chi connectivity index (χ0v) is 11.6. The number of rotatable bonds is 7. The Morgan fingerprint density at radius 1 is 1.67 bits per heavy atom. The molecule has 0 unspecified atom stereocenters. The molecule has 0 amide bonds. The molecule has 1 saturated carbocycles. The summed E-state index contributed by atoms with van der Waals surface area (Å²) in [5, 5.41) is 9.51. The first-order valence-electron chi connectivity index (χ1n) is 6.15. The highest BCUT2D eigenvalue weighted by atomic mass is 32.2. The molecule has 0 aliphatic heterocycles. The van der Waals surface area contributed by atoms with Gasteiger partial charge in [0.05, 0.1) is 5.75 Å². The molecule has 0 atom stereocenters. The van der Waals surface area contributed by atoms with Crippen molar-refractivity contribution < 1.29 is 9.90 Å². The second-order valence-corrected chi connectivity index (χ2v) is 5.67. The van der Waals surface area contributed by atoms with Crippen LogP contribution in [0.3, 0.4) is 0 Å². The maximum absolute atomic E-state index is 10.6. The van der Waals surface area contributed by atoms with Crippen LogP contribution in [0.1, 0.15) is 18.5 Å². The van der Waals surface area contributed by atoms with Crippen LogP contribution in [-0.4, -0.2) is 50.9 Å². The topological polar surface area (TPSA) is 58.4 Å². The third-order valence-corrected chi connectivity index (χ3v) is 4.17. The lowest BCUT2D eigenvalue weighted by Gasteiger charge is -2.17. The van der Waals surface area contributed by atoms with E-state index in [1.165, 1.54) is 24.6 Å². The quantitative estimate of drug-likeness (QED) is 0.759. The number of hydrogen-bond acceptors (Lipinski definition) is 4. The Balaban J connectivity index is 1.92. The Morgan fingerprint density at radius 3 is 3.00 bits per heavy atom. The van der Waals surface area contributed by atoms with Crippen molar-refractivity contribution in [3.05, 3.63) is 11.9 Å². The fourth-order valence-corrected chi connectivity index (χ4v) is 2.68. The minimum atomic E-state index is -0.803. The lowest BCUT2D eigenvalue weighted by molar-refractivity contribution is -0.133. The highest BCUT2D eigenvalue weighted by molar-refractivity contribution is 7.99. The van der Waals surface area contributed by atoms with E-state index in [9.17, 15) is 4.79 Å². The number of nitrogens with zero attached hydrogens (tertiary/aromatic N) is 3. The number of hydrogen-bond donors (Lipinski definition) is 1. The molecule has 1 N–H and O–H groups in total. The molecule has 100 valence electrons. The summed E-state index contributed by atoms with van der Waals surface area (Å²) < 4.78 is 2.10. The molecule has 6 heteroatoms. The summed E-state index contributed by atoms with van der Waals surface area (Å²) in [7, 11) is 2.15. The van der Waals surface area contributed by atoms with Gasteiger partial charge in [0.1, 0.15) is 0 Å². The molecule has 5 nitrogen and oxygen atoms in total. The standard InChI is InChI=1S/C12H19N3O2S/c1-9-7-13-12(18-8-11(16)17)15(9)6-5-14(2)10-3-4-10/h7,10H,3-6,8H2,1-2H3,(H,16,17). The molecule has 1 fully saturated rings. The Kier molecular flexibility index (Phi) is 4.29. The summed E-state index contributed by atoms with van der Waals surface area (Å²) in [4.78, 5) is 17.2. The van der Waals surface area contributed by atoms with Crippen LogP contribution >= 0.6 is 11.8 Å². The van der Waals surface area contributed by atoms with Crippen molar-refractivity contribution in [2.45, 2.75) is 37.5 Å². The van der Waals surface area contributed by atoms with Crippen molar-refractivity contribution in [3.8, 4) is 0 Å². The summed E-state index contributed by atoms with van der Waals surface area (Å²) >= 11 is 1.29. The van der Waals surface area contributed by atoms with Crippen molar-refractivity contribution in [1.29, 1.82) is 0 Å². The van der Waals surface area contributed by atoms with E-state index < -0.39 is 5.97 Å². The Labute approximate surface area is 111 Å². The molecular formula is C12H19N3O2S. The number of carboxylic acids is 1. The highest BCUT2D eigenvalue weighted by Crippen LogP contribution is 2.25. The summed E-state index contributed by atoms with van der Waals surface area (Å²) in [6.45, 7) is 3.87. The van der Waals surface area contributed by atoms with Crippen LogP contribution in [0.15, 0.2) is 11.4 Å². The number of carboxylic acid groups (broad SMARTS) is 1. The predicted octanol–water partition coefficient (Wildman–Crippen LogP) is 1.46. The first kappa shape index (κ1) is 13.4. The first-order chi connectivity index (χ1) is 8.58. The van der Waals surface area contributed by atoms with Crippen LogP contribution < -0.4 is 0 Å². The number of carbonyl (C=O) groups is 1. The summed E-state index contributed by atoms with van der Waals surface area (Å²) in [6, 6.07) is 0.754. The van der Waals surface area contributed by atoms with Gasteiger partial charge in [-0.2, -0.15) is 0 Å². The molecular weight excluding hydrogens is 250 g/mol. The zero-order valence-electron chi connectivity index (χ0n) is 10.8. The SMILES string of the molecule is Cc1cnc(SCC(=O)O)n1CCN(C)C1CC1. The van der Waals surface area contributed by atoms with Crippen LogP contribution in [0.4, 0.5) is 0 Å². The summed E-state index contributed by atoms with van der Waals surface area (Å²) in [5.41, 5.74) is 1.09. The minimum absolute atomic E-state index is 0.0644. The molecule has 0 spiro atoms. The van der Waals surface area contributed by atoms with Gasteiger partial charge in [-0.15, -0.1) is 0 Å². The lowest BCUT2D eigenvalue weighted by Crippen LogP contribution is -2.25. The van der Waals surface area contributed by atoms with Crippen LogP contribution in [0.5, 0.6) is 0 Å². The Hall–Kier alpha value is -1.01. The van der Waals surface area contributed by atoms with Gasteiger partial charge in [0.25, 0.3) is 0 Å². The molecule has 1 aliphatic carbocycles. The second-order valence-electron chi connectivity index (χ2n) is 4.73. The Bertz CT molecular complexity index is 429. The van der Waals surface area contributed by atoms with Crippen molar-refractivity contribution in [3.63, 3.8) is 0 Å². The Morgan fingerprint density at radius 2 is 2.39 bits per heavy atom. The van der Waals surface area contributed by atoms with Gasteiger partial charge < -0.3 is 14.6 Å². The lowest BCUT2D eigenvalue weighted by atomic mass is 10.4. The number of aliphatic carboxylic acids is 1. The van der Waals surface area contributed by atoms with Crippen LogP contribution in [-0.2, 0) is 11.3 Å². The predicted molar refractivity (Wildman–Crippen MR) is 71.0 cm³/mol. The fraction of sp³-hybridized carbons (Fsp3) is 0.667. The van der Waals surface area contributed by atoms with E-state index in [0.717, 1.165) is 30.0 Å². The third kappa shape index (κ3) is 3.49. The number of aromatic nitrogens is 2. The highest BCUT2D eigenvalue weighted by Gasteiger charge is 2.25. The number of thioether (sulfide) groups is 1. The fourth-order valence-electron chi connectivity index (χ4n) is 1.91. The second kappa shape index (κ2) is 5.75. The molecule has 1 aliphatic rings. The van der Waals surface area contributed by atoms with Crippen molar-refractivity contribution >= 4 is 17.7 Å². The van der Waals surface area contributed by atoms with E-state index in [2.05, 4.69) is 21.5 Å². The number of likely N-dealkylation sites (N-methyl/N-ethyl adjacent to an activating group) is 1. The molecule has 18 heavy (non-hydrogen) atoms. The molecule has 1 aromatic heterocycles. The van der Waals surface area contributed by atoms with Crippen molar-refractivity contribution in [2.24, 2.45) is 0 Å². The third-order valence-electron chi connectivity index (χ3n) is 3.19. The van der Waals surface area contributed by atoms with Gasteiger partial charge in [0.15, 0.2) is 5.16 Å². The van der Waals surface area contributed by atoms with Crippen LogP contribution in [0, 0.1) is 6.92 Å². The molecule has 2 rings (SSSR count). The largest absolute Gasteiger partial charge is 0.481 e. The average Bonchev–Trinajstić information content (AvgIpc) is 3.10. The van der Waals surface area contributed by atoms with E-state index in [-0.39, 0.29) is 5.75 Å². The van der Waals surface area contributed by atoms with E-state index in [0.29, 0.717) is 0 Å². The van der Waals surface area contributed by atoms with Gasteiger partial charge >= 0.3 is 5.97 Å². The van der Waals surface area contributed by atoms with E-state index >= 15 is 0 Å². The van der Waals surface area contributed by atoms with Crippen molar-refractivity contribution in [1.82, 2.24) is 14.5 Å². The van der Waals surface area contributed by atoms with Gasteiger partial charge in [-0.05, 0) is 26.8 Å². The van der Waals surface area contributed by atoms with Crippen LogP contribution in [0.25, 0.3) is 0 Å². The number of aryl methyl sites for hydroxylation is 1. The monoisotopic (exact) mass is 269 g/mol. The molecule has 1 aromatic rings. The molecule has 1 heterocycles. The van der Waals surface area contributed by atoms with Gasteiger partial charge in [-0.25, -0.2) is 4.98 Å². The average molecular weight is 269 g/mol. The van der Waals surface area contributed by atoms with Gasteiger partial charge in [0, 0.05) is 31.0 Å². The van der Waals surface area contributed by atoms with E-state index in [1.54, 1.807) is 6.20 Å². The van der Waals surface area contributed by atoms with E-state index in [1.807, 2.05) is 6.92 Å². The molecule has 0 saturated heterocycles. The smallest absolute Gasteiger partial charge is 0.313 e. The zero-order chi connectivity index (χ0) is 13.1. The normalized spacial score (nSPS) is 15.3. The summed E-state index contributed by atoms with van der Waals surface area (Å²) in [6.07, 6.45) is 4.42. The van der Waals surface area contributed by atoms with Crippen LogP contribution in [0.2, 0.25) is 0 Å². The number of imidazole rings is 1. The first-order valence-corrected chi connectivity index (χ1v) is 7.13.